The molecular weight excluding hydrogens is 400 g/mol. The van der Waals surface area contributed by atoms with Gasteiger partial charge in [0.15, 0.2) is 18.2 Å². The number of pyridine rings is 1. The van der Waals surface area contributed by atoms with Gasteiger partial charge >= 0.3 is 5.97 Å². The van der Waals surface area contributed by atoms with Crippen LogP contribution in [0.25, 0.3) is 0 Å². The first kappa shape index (κ1) is 21.5. The zero-order valence-electron chi connectivity index (χ0n) is 19.5. The molecule has 0 unspecified atom stereocenters. The van der Waals surface area contributed by atoms with Gasteiger partial charge in [-0.25, -0.2) is 9.78 Å². The monoisotopic (exact) mass is 435 g/mol. The van der Waals surface area contributed by atoms with Gasteiger partial charge in [0.05, 0.1) is 5.71 Å². The molecule has 0 amide bonds. The summed E-state index contributed by atoms with van der Waals surface area (Å²) in [5.74, 6) is 2.37. The standard InChI is InChI=1S/C27H34N2O3/c1-17(29-32-25(31)18-5-4-14-28-16-18)22-8-9-23-21-7-6-19-15-20(30)10-12-26(19,2)24(21)11-13-27(22,23)3/h4-5,14-16,21-24H,6-13H2,1-3H3/p+1/b29-17+/t21-,22+,23-,24-,26-,27+/m0/s1. The number of fused-ring (bicyclic) bond motifs is 5. The average Bonchev–Trinajstić information content (AvgIpc) is 3.15. The van der Waals surface area contributed by atoms with Gasteiger partial charge in [-0.05, 0) is 92.6 Å². The van der Waals surface area contributed by atoms with E-state index in [2.05, 4.69) is 24.0 Å². The van der Waals surface area contributed by atoms with Gasteiger partial charge in [0.1, 0.15) is 5.56 Å². The van der Waals surface area contributed by atoms with Gasteiger partial charge in [-0.1, -0.05) is 24.6 Å². The maximum absolute atomic E-state index is 12.3. The first-order valence-electron chi connectivity index (χ1n) is 12.3. The fraction of sp³-hybridized carbons (Fsp3) is 0.630. The molecule has 0 radical (unpaired) electrons. The number of rotatable bonds is 3. The van der Waals surface area contributed by atoms with Crippen molar-refractivity contribution in [3.05, 3.63) is 41.7 Å². The van der Waals surface area contributed by atoms with E-state index in [4.69, 9.17) is 4.84 Å². The number of carbonyl (C=O) groups excluding carboxylic acids is 2. The van der Waals surface area contributed by atoms with E-state index in [0.29, 0.717) is 35.5 Å². The zero-order valence-corrected chi connectivity index (χ0v) is 19.5. The van der Waals surface area contributed by atoms with Crippen LogP contribution in [-0.4, -0.2) is 17.5 Å². The molecule has 5 nitrogen and oxygen atoms in total. The predicted molar refractivity (Wildman–Crippen MR) is 122 cm³/mol. The molecule has 4 aliphatic carbocycles. The van der Waals surface area contributed by atoms with Crippen LogP contribution in [0.3, 0.4) is 0 Å². The highest BCUT2D eigenvalue weighted by atomic mass is 16.7. The molecule has 1 heterocycles. The van der Waals surface area contributed by atoms with Crippen LogP contribution in [0.2, 0.25) is 0 Å². The summed E-state index contributed by atoms with van der Waals surface area (Å²) in [4.78, 5) is 32.6. The van der Waals surface area contributed by atoms with E-state index in [-0.39, 0.29) is 10.8 Å². The highest BCUT2D eigenvalue weighted by molar-refractivity contribution is 5.92. The van der Waals surface area contributed by atoms with Crippen LogP contribution in [0.5, 0.6) is 0 Å². The fourth-order valence-electron chi connectivity index (χ4n) is 8.00. The molecule has 1 aromatic rings. The Hall–Kier alpha value is -2.30. The summed E-state index contributed by atoms with van der Waals surface area (Å²) < 4.78 is 0. The molecule has 1 N–H and O–H groups in total. The Kier molecular flexibility index (Phi) is 5.34. The Bertz CT molecular complexity index is 984. The van der Waals surface area contributed by atoms with E-state index in [1.54, 1.807) is 24.5 Å². The van der Waals surface area contributed by atoms with E-state index in [1.807, 2.05) is 13.0 Å². The van der Waals surface area contributed by atoms with Crippen LogP contribution in [0.15, 0.2) is 41.3 Å². The second-order valence-electron chi connectivity index (χ2n) is 11.0. The van der Waals surface area contributed by atoms with Crippen LogP contribution in [0.4, 0.5) is 0 Å². The number of nitrogens with zero attached hydrogens (tertiary/aromatic N) is 1. The van der Waals surface area contributed by atoms with Crippen LogP contribution < -0.4 is 4.98 Å². The maximum Gasteiger partial charge on any atom is 0.371 e. The Balaban J connectivity index is 1.33. The van der Waals surface area contributed by atoms with E-state index in [0.717, 1.165) is 30.9 Å². The minimum Gasteiger partial charge on any atom is -0.313 e. The quantitative estimate of drug-likeness (QED) is 0.373. The Morgan fingerprint density at radius 1 is 1.12 bits per heavy atom. The lowest BCUT2D eigenvalue weighted by atomic mass is 9.46. The topological polar surface area (TPSA) is 69.9 Å². The van der Waals surface area contributed by atoms with Crippen molar-refractivity contribution in [2.24, 2.45) is 39.7 Å². The third kappa shape index (κ3) is 3.36. The van der Waals surface area contributed by atoms with Crippen molar-refractivity contribution in [1.29, 1.82) is 0 Å². The first-order valence-corrected chi connectivity index (χ1v) is 12.3. The first-order chi connectivity index (χ1) is 15.3. The smallest absolute Gasteiger partial charge is 0.313 e. The summed E-state index contributed by atoms with van der Waals surface area (Å²) in [5.41, 5.74) is 3.28. The van der Waals surface area contributed by atoms with Gasteiger partial charge in [0, 0.05) is 18.4 Å². The fourth-order valence-corrected chi connectivity index (χ4v) is 8.00. The lowest BCUT2D eigenvalue weighted by Crippen LogP contribution is -2.51. The van der Waals surface area contributed by atoms with Crippen molar-refractivity contribution >= 4 is 17.5 Å². The van der Waals surface area contributed by atoms with Crippen LogP contribution >= 0.6 is 0 Å². The van der Waals surface area contributed by atoms with Crippen molar-refractivity contribution < 1.29 is 19.4 Å². The number of hydrogen-bond donors (Lipinski definition) is 0. The van der Waals surface area contributed by atoms with Gasteiger partial charge < -0.3 is 4.84 Å². The van der Waals surface area contributed by atoms with Gasteiger partial charge in [0.25, 0.3) is 0 Å². The lowest BCUT2D eigenvalue weighted by molar-refractivity contribution is -0.378. The number of allylic oxidation sites excluding steroid dienone is 1. The van der Waals surface area contributed by atoms with Gasteiger partial charge in [0.2, 0.25) is 0 Å². The highest BCUT2D eigenvalue weighted by Crippen LogP contribution is 2.66. The van der Waals surface area contributed by atoms with Gasteiger partial charge in [-0.15, -0.1) is 0 Å². The zero-order chi connectivity index (χ0) is 22.5. The minimum atomic E-state index is -0.420. The molecule has 170 valence electrons. The van der Waals surface area contributed by atoms with E-state index >= 15 is 0 Å². The lowest BCUT2D eigenvalue weighted by Gasteiger charge is -2.58. The molecule has 5 heteroatoms. The van der Waals surface area contributed by atoms with E-state index in [9.17, 15) is 9.59 Å². The van der Waals surface area contributed by atoms with Crippen LogP contribution in [0, 0.1) is 34.5 Å². The minimum absolute atomic E-state index is 0.210. The normalized spacial score (nSPS) is 38.9. The van der Waals surface area contributed by atoms with Crippen LogP contribution in [0.1, 0.15) is 82.5 Å². The molecule has 32 heavy (non-hydrogen) atoms. The van der Waals surface area contributed by atoms with Gasteiger partial charge in [-0.3, -0.25) is 4.79 Å². The summed E-state index contributed by atoms with van der Waals surface area (Å²) in [6, 6.07) is 3.50. The predicted octanol–water partition coefficient (Wildman–Crippen LogP) is 5.18. The number of ketones is 1. The number of hydrogen-bond acceptors (Lipinski definition) is 4. The molecule has 0 aliphatic heterocycles. The molecule has 0 aromatic carbocycles. The summed E-state index contributed by atoms with van der Waals surface area (Å²) in [6.45, 7) is 6.92. The SMILES string of the molecule is C/C(=N\OC(=O)c1ccc[nH+]c1)[C@H]1CC[C@H]2[C@@H]3CCC4=CC(=O)CC[C@]4(C)[C@H]3CC[C@]12C. The molecule has 0 saturated heterocycles. The number of carbonyl (C=O) groups is 2. The highest BCUT2D eigenvalue weighted by Gasteiger charge is 2.59. The molecule has 0 bridgehead atoms. The molecule has 4 aliphatic rings. The summed E-state index contributed by atoms with van der Waals surface area (Å²) in [5, 5.41) is 4.32. The van der Waals surface area contributed by atoms with Crippen molar-refractivity contribution in [2.75, 3.05) is 0 Å². The third-order valence-corrected chi connectivity index (χ3v) is 9.68. The Morgan fingerprint density at radius 2 is 1.97 bits per heavy atom. The molecule has 6 atom stereocenters. The molecule has 3 fully saturated rings. The van der Waals surface area contributed by atoms with E-state index in [1.165, 1.54) is 31.3 Å². The number of aromatic amines is 1. The molecule has 5 rings (SSSR count). The number of aromatic nitrogens is 1. The number of H-pyrrole nitrogens is 1. The third-order valence-electron chi connectivity index (χ3n) is 9.68. The van der Waals surface area contributed by atoms with Crippen LogP contribution in [-0.2, 0) is 9.63 Å². The molecule has 0 spiro atoms. The Labute approximate surface area is 190 Å². The summed E-state index contributed by atoms with van der Waals surface area (Å²) in [6.07, 6.45) is 14.2. The maximum atomic E-state index is 12.3. The Morgan fingerprint density at radius 3 is 2.75 bits per heavy atom. The summed E-state index contributed by atoms with van der Waals surface area (Å²) in [7, 11) is 0. The van der Waals surface area contributed by atoms with Crippen molar-refractivity contribution in [3.8, 4) is 0 Å². The van der Waals surface area contributed by atoms with Crippen molar-refractivity contribution in [3.63, 3.8) is 0 Å². The molecular formula is C27H35N2O3+. The van der Waals surface area contributed by atoms with Crippen molar-refractivity contribution in [2.45, 2.75) is 72.1 Å². The van der Waals surface area contributed by atoms with E-state index < -0.39 is 5.97 Å². The number of oxime groups is 1. The number of nitrogens with one attached hydrogen (secondary N) is 1. The largest absolute Gasteiger partial charge is 0.371 e. The second kappa shape index (κ2) is 7.93. The average molecular weight is 436 g/mol. The second-order valence-corrected chi connectivity index (χ2v) is 11.0. The summed E-state index contributed by atoms with van der Waals surface area (Å²) >= 11 is 0. The molecule has 1 aromatic heterocycles. The molecule has 3 saturated carbocycles. The van der Waals surface area contributed by atoms with Crippen molar-refractivity contribution in [1.82, 2.24) is 0 Å². The van der Waals surface area contributed by atoms with Gasteiger partial charge in [-0.2, -0.15) is 0 Å².